The molecule has 0 aliphatic heterocycles. The molecule has 0 saturated heterocycles. The standard InChI is InChI=1S/C23H26Br2Cl2O/c1-13-11-19(17(7-5-9-24)15(3)21(13)26)23(28)20-12-14(2)22(27)16(4)18(20)8-6-10-25/h11-12H,5-10H2,1-4H3. The minimum absolute atomic E-state index is 0.0693. The molecule has 0 spiro atoms. The third-order valence-corrected chi connectivity index (χ3v) is 7.52. The Hall–Kier alpha value is -0.350. The zero-order valence-electron chi connectivity index (χ0n) is 16.8. The van der Waals surface area contributed by atoms with Crippen molar-refractivity contribution in [3.63, 3.8) is 0 Å². The topological polar surface area (TPSA) is 17.1 Å². The Balaban J connectivity index is 2.69. The van der Waals surface area contributed by atoms with E-state index < -0.39 is 0 Å². The molecule has 0 saturated carbocycles. The monoisotopic (exact) mass is 546 g/mol. The van der Waals surface area contributed by atoms with Crippen LogP contribution in [0, 0.1) is 27.7 Å². The van der Waals surface area contributed by atoms with E-state index in [1.165, 1.54) is 0 Å². The van der Waals surface area contributed by atoms with Crippen LogP contribution in [0.1, 0.15) is 62.1 Å². The number of aryl methyl sites for hydroxylation is 2. The fourth-order valence-electron chi connectivity index (χ4n) is 3.68. The summed E-state index contributed by atoms with van der Waals surface area (Å²) in [5, 5.41) is 3.29. The van der Waals surface area contributed by atoms with Crippen LogP contribution in [-0.2, 0) is 12.8 Å². The van der Waals surface area contributed by atoms with E-state index in [0.717, 1.165) is 90.9 Å². The summed E-state index contributed by atoms with van der Waals surface area (Å²) in [5.74, 6) is 0.0693. The molecule has 0 N–H and O–H groups in total. The van der Waals surface area contributed by atoms with Gasteiger partial charge in [0.15, 0.2) is 5.78 Å². The molecule has 0 aliphatic carbocycles. The average molecular weight is 549 g/mol. The predicted octanol–water partition coefficient (Wildman–Crippen LogP) is 8.11. The van der Waals surface area contributed by atoms with Crippen LogP contribution in [0.25, 0.3) is 0 Å². The second-order valence-corrected chi connectivity index (χ2v) is 9.57. The van der Waals surface area contributed by atoms with Crippen molar-refractivity contribution in [2.75, 3.05) is 10.7 Å². The van der Waals surface area contributed by atoms with Crippen LogP contribution in [0.3, 0.4) is 0 Å². The molecule has 28 heavy (non-hydrogen) atoms. The molecule has 2 aromatic rings. The third kappa shape index (κ3) is 5.03. The maximum Gasteiger partial charge on any atom is 0.193 e. The van der Waals surface area contributed by atoms with Gasteiger partial charge < -0.3 is 0 Å². The number of halogens is 4. The van der Waals surface area contributed by atoms with Gasteiger partial charge in [0.1, 0.15) is 0 Å². The van der Waals surface area contributed by atoms with Crippen molar-refractivity contribution in [3.05, 3.63) is 66.7 Å². The maximum atomic E-state index is 13.7. The highest BCUT2D eigenvalue weighted by atomic mass is 79.9. The number of carbonyl (C=O) groups excluding carboxylic acids is 1. The van der Waals surface area contributed by atoms with Crippen LogP contribution in [-0.4, -0.2) is 16.4 Å². The van der Waals surface area contributed by atoms with E-state index in [9.17, 15) is 4.79 Å². The van der Waals surface area contributed by atoms with Crippen LogP contribution in [0.5, 0.6) is 0 Å². The van der Waals surface area contributed by atoms with Crippen LogP contribution in [0.15, 0.2) is 12.1 Å². The SMILES string of the molecule is Cc1cc(C(=O)c2cc(C)c(Cl)c(C)c2CCCBr)c(CCCBr)c(C)c1Cl. The molecule has 2 aromatic carbocycles. The van der Waals surface area contributed by atoms with E-state index in [4.69, 9.17) is 23.2 Å². The molecular formula is C23H26Br2Cl2O. The number of hydrogen-bond acceptors (Lipinski definition) is 1. The summed E-state index contributed by atoms with van der Waals surface area (Å²) in [6.45, 7) is 7.95. The number of rotatable bonds is 8. The molecule has 0 heterocycles. The zero-order valence-corrected chi connectivity index (χ0v) is 21.5. The molecule has 0 aromatic heterocycles. The van der Waals surface area contributed by atoms with Gasteiger partial charge in [0.2, 0.25) is 0 Å². The van der Waals surface area contributed by atoms with Gasteiger partial charge in [-0.2, -0.15) is 0 Å². The summed E-state index contributed by atoms with van der Waals surface area (Å²) < 4.78 is 0. The molecule has 0 fully saturated rings. The molecule has 2 rings (SSSR count). The number of alkyl halides is 2. The van der Waals surface area contributed by atoms with Gasteiger partial charge in [0.25, 0.3) is 0 Å². The molecule has 1 nitrogen and oxygen atoms in total. The van der Waals surface area contributed by atoms with Gasteiger partial charge in [-0.05, 0) is 98.9 Å². The van der Waals surface area contributed by atoms with Crippen molar-refractivity contribution < 1.29 is 4.79 Å². The van der Waals surface area contributed by atoms with Crippen molar-refractivity contribution in [2.24, 2.45) is 0 Å². The Morgan fingerprint density at radius 2 is 1.14 bits per heavy atom. The van der Waals surface area contributed by atoms with Crippen molar-refractivity contribution in [1.29, 1.82) is 0 Å². The van der Waals surface area contributed by atoms with E-state index in [1.807, 2.05) is 39.8 Å². The van der Waals surface area contributed by atoms with Crippen molar-refractivity contribution >= 4 is 60.8 Å². The lowest BCUT2D eigenvalue weighted by Crippen LogP contribution is -2.13. The molecule has 5 heteroatoms. The van der Waals surface area contributed by atoms with Gasteiger partial charge in [-0.15, -0.1) is 0 Å². The van der Waals surface area contributed by atoms with Crippen LogP contribution in [0.4, 0.5) is 0 Å². The first kappa shape index (κ1) is 23.9. The van der Waals surface area contributed by atoms with Gasteiger partial charge >= 0.3 is 0 Å². The minimum atomic E-state index is 0.0693. The van der Waals surface area contributed by atoms with Gasteiger partial charge in [-0.3, -0.25) is 4.79 Å². The second-order valence-electron chi connectivity index (χ2n) is 7.23. The fourth-order valence-corrected chi connectivity index (χ4v) is 4.57. The number of benzene rings is 2. The van der Waals surface area contributed by atoms with Crippen molar-refractivity contribution in [2.45, 2.75) is 53.4 Å². The molecular weight excluding hydrogens is 523 g/mol. The highest BCUT2D eigenvalue weighted by Crippen LogP contribution is 2.33. The van der Waals surface area contributed by atoms with Gasteiger partial charge in [-0.1, -0.05) is 55.1 Å². The van der Waals surface area contributed by atoms with E-state index in [2.05, 4.69) is 31.9 Å². The van der Waals surface area contributed by atoms with Crippen LogP contribution < -0.4 is 0 Å². The van der Waals surface area contributed by atoms with Gasteiger partial charge in [0, 0.05) is 31.8 Å². The summed E-state index contributed by atoms with van der Waals surface area (Å²) in [6, 6.07) is 3.91. The Kier molecular flexibility index (Phi) is 9.07. The first-order valence-corrected chi connectivity index (χ1v) is 12.5. The third-order valence-electron chi connectivity index (χ3n) is 5.24. The van der Waals surface area contributed by atoms with E-state index in [1.54, 1.807) is 0 Å². The minimum Gasteiger partial charge on any atom is -0.289 e. The molecule has 152 valence electrons. The molecule has 0 amide bonds. The maximum absolute atomic E-state index is 13.7. The second kappa shape index (κ2) is 10.6. The van der Waals surface area contributed by atoms with Gasteiger partial charge in [-0.25, -0.2) is 0 Å². The van der Waals surface area contributed by atoms with Crippen LogP contribution >= 0.6 is 55.1 Å². The Bertz CT molecular complexity index is 820. The molecule has 0 unspecified atom stereocenters. The summed E-state index contributed by atoms with van der Waals surface area (Å²) in [4.78, 5) is 13.7. The highest BCUT2D eigenvalue weighted by molar-refractivity contribution is 9.09. The zero-order chi connectivity index (χ0) is 21.0. The van der Waals surface area contributed by atoms with E-state index in [-0.39, 0.29) is 5.78 Å². The average Bonchev–Trinajstić information content (AvgIpc) is 2.68. The van der Waals surface area contributed by atoms with Crippen molar-refractivity contribution in [3.8, 4) is 0 Å². The molecule has 0 bridgehead atoms. The lowest BCUT2D eigenvalue weighted by molar-refractivity contribution is 0.103. The number of carbonyl (C=O) groups is 1. The first-order valence-electron chi connectivity index (χ1n) is 9.48. The Morgan fingerprint density at radius 1 is 0.786 bits per heavy atom. The summed E-state index contributed by atoms with van der Waals surface area (Å²) in [5.41, 5.74) is 7.53. The normalized spacial score (nSPS) is 11.1. The fraction of sp³-hybridized carbons (Fsp3) is 0.435. The van der Waals surface area contributed by atoms with Gasteiger partial charge in [0.05, 0.1) is 0 Å². The largest absolute Gasteiger partial charge is 0.289 e. The van der Waals surface area contributed by atoms with E-state index >= 15 is 0 Å². The quantitative estimate of drug-likeness (QED) is 0.240. The Morgan fingerprint density at radius 3 is 1.46 bits per heavy atom. The van der Waals surface area contributed by atoms with Crippen LogP contribution in [0.2, 0.25) is 10.0 Å². The predicted molar refractivity (Wildman–Crippen MR) is 130 cm³/mol. The summed E-state index contributed by atoms with van der Waals surface area (Å²) in [6.07, 6.45) is 3.55. The Labute approximate surface area is 195 Å². The summed E-state index contributed by atoms with van der Waals surface area (Å²) in [7, 11) is 0. The summed E-state index contributed by atoms with van der Waals surface area (Å²) >= 11 is 20.0. The first-order chi connectivity index (χ1) is 13.2. The highest BCUT2D eigenvalue weighted by Gasteiger charge is 2.23. The number of ketones is 1. The number of hydrogen-bond donors (Lipinski definition) is 0. The molecule has 0 radical (unpaired) electrons. The smallest absolute Gasteiger partial charge is 0.193 e. The lowest BCUT2D eigenvalue weighted by atomic mass is 9.86. The molecule has 0 atom stereocenters. The lowest BCUT2D eigenvalue weighted by Gasteiger charge is -2.19. The molecule has 0 aliphatic rings. The van der Waals surface area contributed by atoms with E-state index in [0.29, 0.717) is 0 Å². The van der Waals surface area contributed by atoms with Crippen molar-refractivity contribution in [1.82, 2.24) is 0 Å².